The van der Waals surface area contributed by atoms with Crippen LogP contribution in [0.25, 0.3) is 22.2 Å². The summed E-state index contributed by atoms with van der Waals surface area (Å²) in [6, 6.07) is 15.5. The van der Waals surface area contributed by atoms with Crippen LogP contribution < -0.4 is 15.4 Å². The highest BCUT2D eigenvalue weighted by molar-refractivity contribution is 6.06. The normalized spacial score (nSPS) is 16.0. The lowest BCUT2D eigenvalue weighted by atomic mass is 9.99. The minimum Gasteiger partial charge on any atom is -0.490 e. The molecule has 1 fully saturated rings. The zero-order valence-electron chi connectivity index (χ0n) is 21.9. The predicted octanol–water partition coefficient (Wildman–Crippen LogP) is 5.56. The van der Waals surface area contributed by atoms with Gasteiger partial charge in [0.05, 0.1) is 17.8 Å². The van der Waals surface area contributed by atoms with E-state index in [-0.39, 0.29) is 29.5 Å². The Morgan fingerprint density at radius 2 is 1.85 bits per heavy atom. The van der Waals surface area contributed by atoms with Gasteiger partial charge in [-0.25, -0.2) is 9.37 Å². The van der Waals surface area contributed by atoms with Crippen LogP contribution in [0.4, 0.5) is 10.1 Å². The molecule has 39 heavy (non-hydrogen) atoms. The van der Waals surface area contributed by atoms with Crippen molar-refractivity contribution >= 4 is 28.4 Å². The fourth-order valence-corrected chi connectivity index (χ4v) is 4.90. The number of fused-ring (bicyclic) bond motifs is 2. The number of hydrogen-bond acceptors (Lipinski definition) is 5. The van der Waals surface area contributed by atoms with Gasteiger partial charge in [0.2, 0.25) is 5.91 Å². The molecule has 2 aliphatic rings. The summed E-state index contributed by atoms with van der Waals surface area (Å²) in [7, 11) is 0. The Morgan fingerprint density at radius 3 is 2.62 bits per heavy atom. The van der Waals surface area contributed by atoms with Crippen molar-refractivity contribution in [3.63, 3.8) is 0 Å². The number of aryl methyl sites for hydroxylation is 1. The van der Waals surface area contributed by atoms with Gasteiger partial charge in [0.15, 0.2) is 0 Å². The highest BCUT2D eigenvalue weighted by Gasteiger charge is 2.30. The summed E-state index contributed by atoms with van der Waals surface area (Å²) in [5.74, 6) is 0.414. The Morgan fingerprint density at radius 1 is 1.05 bits per heavy atom. The van der Waals surface area contributed by atoms with Crippen LogP contribution in [0.3, 0.4) is 0 Å². The molecule has 1 aliphatic carbocycles. The first-order valence-electron chi connectivity index (χ1n) is 13.3. The molecule has 4 aromatic rings. The van der Waals surface area contributed by atoms with Gasteiger partial charge in [-0.05, 0) is 68.3 Å². The van der Waals surface area contributed by atoms with Gasteiger partial charge in [0.25, 0.3) is 5.91 Å². The number of nitrogens with zero attached hydrogens (tertiary/aromatic N) is 2. The van der Waals surface area contributed by atoms with Crippen molar-refractivity contribution in [2.45, 2.75) is 39.0 Å². The number of aromatic nitrogens is 2. The van der Waals surface area contributed by atoms with Crippen LogP contribution in [0, 0.1) is 18.7 Å². The Hall–Kier alpha value is -4.33. The Labute approximate surface area is 225 Å². The summed E-state index contributed by atoms with van der Waals surface area (Å²) in [6.45, 7) is 4.94. The van der Waals surface area contributed by atoms with Gasteiger partial charge in [0.1, 0.15) is 17.3 Å². The van der Waals surface area contributed by atoms with Crippen LogP contribution in [-0.2, 0) is 11.2 Å². The quantitative estimate of drug-likeness (QED) is 0.330. The molecule has 0 saturated heterocycles. The van der Waals surface area contributed by atoms with Gasteiger partial charge >= 0.3 is 0 Å². The number of halogens is 1. The summed E-state index contributed by atoms with van der Waals surface area (Å²) < 4.78 is 19.4. The van der Waals surface area contributed by atoms with E-state index in [2.05, 4.69) is 22.5 Å². The number of carbonyl (C=O) groups is 2. The average Bonchev–Trinajstić information content (AvgIpc) is 3.72. The highest BCUT2D eigenvalue weighted by atomic mass is 19.1. The Kier molecular flexibility index (Phi) is 6.46. The van der Waals surface area contributed by atoms with Gasteiger partial charge in [-0.1, -0.05) is 13.0 Å². The molecule has 0 spiro atoms. The molecule has 0 bridgehead atoms. The zero-order chi connectivity index (χ0) is 27.1. The van der Waals surface area contributed by atoms with Crippen LogP contribution >= 0.6 is 0 Å². The third-order valence-electron chi connectivity index (χ3n) is 7.25. The number of amides is 2. The van der Waals surface area contributed by atoms with E-state index in [1.165, 1.54) is 12.1 Å². The number of pyridine rings is 2. The molecule has 2 amide bonds. The van der Waals surface area contributed by atoms with Crippen LogP contribution in [0.15, 0.2) is 54.6 Å². The maximum Gasteiger partial charge on any atom is 0.251 e. The third kappa shape index (κ3) is 5.19. The van der Waals surface area contributed by atoms with Gasteiger partial charge in [-0.3, -0.25) is 14.6 Å². The van der Waals surface area contributed by atoms with Crippen molar-refractivity contribution in [1.29, 1.82) is 0 Å². The molecule has 7 nitrogen and oxygen atoms in total. The fourth-order valence-electron chi connectivity index (χ4n) is 4.90. The van der Waals surface area contributed by atoms with E-state index in [1.54, 1.807) is 24.3 Å². The third-order valence-corrected chi connectivity index (χ3v) is 7.25. The van der Waals surface area contributed by atoms with Crippen LogP contribution in [-0.4, -0.2) is 34.9 Å². The molecule has 3 heterocycles. The zero-order valence-corrected chi connectivity index (χ0v) is 21.9. The molecule has 0 unspecified atom stereocenters. The van der Waals surface area contributed by atoms with Crippen molar-refractivity contribution in [3.8, 4) is 17.0 Å². The van der Waals surface area contributed by atoms with Gasteiger partial charge in [-0.15, -0.1) is 0 Å². The van der Waals surface area contributed by atoms with Gasteiger partial charge in [-0.2, -0.15) is 0 Å². The van der Waals surface area contributed by atoms with E-state index in [9.17, 15) is 14.0 Å². The van der Waals surface area contributed by atoms with E-state index in [0.29, 0.717) is 42.0 Å². The molecule has 8 heteroatoms. The van der Waals surface area contributed by atoms with E-state index in [4.69, 9.17) is 9.72 Å². The van der Waals surface area contributed by atoms with Crippen molar-refractivity contribution in [2.24, 2.45) is 5.92 Å². The fraction of sp³-hybridized carbons (Fsp3) is 0.290. The van der Waals surface area contributed by atoms with Crippen molar-refractivity contribution in [3.05, 3.63) is 82.9 Å². The van der Waals surface area contributed by atoms with E-state index in [0.717, 1.165) is 46.5 Å². The molecule has 2 N–H and O–H groups in total. The lowest BCUT2D eigenvalue weighted by Crippen LogP contribution is -2.26. The molecule has 1 saturated carbocycles. The summed E-state index contributed by atoms with van der Waals surface area (Å²) in [4.78, 5) is 35.1. The molecule has 198 valence electrons. The first-order chi connectivity index (χ1) is 18.9. The van der Waals surface area contributed by atoms with Crippen molar-refractivity contribution in [1.82, 2.24) is 15.3 Å². The largest absolute Gasteiger partial charge is 0.490 e. The topological polar surface area (TPSA) is 93.2 Å². The SMILES string of the molecule is Cc1ccc2cc(C(=O)NCCc3cc4c(c(-c5ccc(F)cc5)n3)OC[C@H]4C)cc(NC(=O)C3CC3)c2n1. The molecule has 2 aromatic heterocycles. The number of hydrogen-bond donors (Lipinski definition) is 2. The number of benzene rings is 2. The number of anilines is 1. The minimum atomic E-state index is -0.307. The second-order valence-corrected chi connectivity index (χ2v) is 10.4. The van der Waals surface area contributed by atoms with Crippen LogP contribution in [0.5, 0.6) is 5.75 Å². The maximum atomic E-state index is 13.5. The summed E-state index contributed by atoms with van der Waals surface area (Å²) in [6.07, 6.45) is 2.29. The summed E-state index contributed by atoms with van der Waals surface area (Å²) in [5, 5.41) is 6.76. The molecule has 6 rings (SSSR count). The maximum absolute atomic E-state index is 13.5. The second-order valence-electron chi connectivity index (χ2n) is 10.4. The Bertz CT molecular complexity index is 1600. The van der Waals surface area contributed by atoms with Gasteiger partial charge in [0, 0.05) is 58.3 Å². The smallest absolute Gasteiger partial charge is 0.251 e. The Balaban J connectivity index is 1.21. The highest BCUT2D eigenvalue weighted by Crippen LogP contribution is 2.41. The summed E-state index contributed by atoms with van der Waals surface area (Å²) in [5.41, 5.74) is 5.88. The molecule has 2 aromatic carbocycles. The van der Waals surface area contributed by atoms with E-state index in [1.807, 2.05) is 25.1 Å². The lowest BCUT2D eigenvalue weighted by Gasteiger charge is -2.13. The molecule has 1 aliphatic heterocycles. The van der Waals surface area contributed by atoms with E-state index < -0.39 is 0 Å². The monoisotopic (exact) mass is 524 g/mol. The average molecular weight is 525 g/mol. The van der Waals surface area contributed by atoms with Crippen LogP contribution in [0.2, 0.25) is 0 Å². The van der Waals surface area contributed by atoms with Crippen LogP contribution in [0.1, 0.15) is 53.0 Å². The number of rotatable bonds is 7. The molecular weight excluding hydrogens is 495 g/mol. The van der Waals surface area contributed by atoms with Crippen molar-refractivity contribution < 1.29 is 18.7 Å². The first kappa shape index (κ1) is 25.0. The second kappa shape index (κ2) is 10.1. The standard InChI is InChI=1S/C31H29FN4O3/c1-17-16-39-29-25(17)15-24(35-28(29)19-7-9-23(32)10-8-19)11-12-33-30(37)22-13-21-4-3-18(2)34-27(21)26(14-22)36-31(38)20-5-6-20/h3-4,7-10,13-15,17,20H,5-6,11-12,16H2,1-2H3,(H,33,37)(H,36,38)/t17-/m1/s1. The number of ether oxygens (including phenoxy) is 1. The molecule has 1 atom stereocenters. The van der Waals surface area contributed by atoms with E-state index >= 15 is 0 Å². The number of nitrogens with one attached hydrogen (secondary N) is 2. The lowest BCUT2D eigenvalue weighted by molar-refractivity contribution is -0.117. The predicted molar refractivity (Wildman–Crippen MR) is 147 cm³/mol. The van der Waals surface area contributed by atoms with Gasteiger partial charge < -0.3 is 15.4 Å². The molecule has 0 radical (unpaired) electrons. The first-order valence-corrected chi connectivity index (χ1v) is 13.3. The number of carbonyl (C=O) groups excluding carboxylic acids is 2. The van der Waals surface area contributed by atoms with Crippen molar-refractivity contribution in [2.75, 3.05) is 18.5 Å². The molecular formula is C31H29FN4O3. The minimum absolute atomic E-state index is 0.0324. The summed E-state index contributed by atoms with van der Waals surface area (Å²) >= 11 is 0.